The van der Waals surface area contributed by atoms with Crippen molar-refractivity contribution in [2.45, 2.75) is 20.3 Å². The predicted molar refractivity (Wildman–Crippen MR) is 98.8 cm³/mol. The minimum atomic E-state index is -0.426. The molecule has 0 aliphatic heterocycles. The van der Waals surface area contributed by atoms with Crippen LogP contribution in [0.2, 0.25) is 0 Å². The Labute approximate surface area is 153 Å². The standard InChI is InChI=1S/C20H23NO5/c1-3-12-25-17-8-10-18(11-9-17)26-14-19(22)21-16-7-5-6-15(13-16)20(23)24-4-2/h5-11,13H,3-4,12,14H2,1-2H3,(H,21,22). The van der Waals surface area contributed by atoms with Crippen LogP contribution in [0, 0.1) is 0 Å². The molecule has 1 N–H and O–H groups in total. The molecule has 2 aromatic rings. The van der Waals surface area contributed by atoms with Crippen LogP contribution in [0.3, 0.4) is 0 Å². The second-order valence-corrected chi connectivity index (χ2v) is 5.46. The topological polar surface area (TPSA) is 73.9 Å². The van der Waals surface area contributed by atoms with E-state index < -0.39 is 5.97 Å². The fourth-order valence-electron chi connectivity index (χ4n) is 2.14. The van der Waals surface area contributed by atoms with E-state index in [4.69, 9.17) is 14.2 Å². The number of carbonyl (C=O) groups is 2. The average Bonchev–Trinajstić information content (AvgIpc) is 2.66. The molecule has 0 aliphatic rings. The summed E-state index contributed by atoms with van der Waals surface area (Å²) in [5, 5.41) is 2.69. The number of nitrogens with one attached hydrogen (secondary N) is 1. The van der Waals surface area contributed by atoms with E-state index in [9.17, 15) is 9.59 Å². The number of amides is 1. The maximum Gasteiger partial charge on any atom is 0.338 e. The number of esters is 1. The Morgan fingerprint density at radius 3 is 2.31 bits per heavy atom. The van der Waals surface area contributed by atoms with Crippen molar-refractivity contribution in [1.82, 2.24) is 0 Å². The summed E-state index contributed by atoms with van der Waals surface area (Å²) in [4.78, 5) is 23.7. The summed E-state index contributed by atoms with van der Waals surface area (Å²) in [5.41, 5.74) is 0.890. The van der Waals surface area contributed by atoms with Crippen molar-refractivity contribution in [2.75, 3.05) is 25.1 Å². The van der Waals surface area contributed by atoms with Gasteiger partial charge in [0.25, 0.3) is 5.91 Å². The maximum atomic E-state index is 12.0. The van der Waals surface area contributed by atoms with Crippen LogP contribution in [-0.2, 0) is 9.53 Å². The van der Waals surface area contributed by atoms with E-state index >= 15 is 0 Å². The van der Waals surface area contributed by atoms with E-state index in [2.05, 4.69) is 5.32 Å². The van der Waals surface area contributed by atoms with Crippen molar-refractivity contribution in [3.8, 4) is 11.5 Å². The lowest BCUT2D eigenvalue weighted by Gasteiger charge is -2.09. The third-order valence-corrected chi connectivity index (χ3v) is 3.32. The molecular weight excluding hydrogens is 334 g/mol. The lowest BCUT2D eigenvalue weighted by Crippen LogP contribution is -2.20. The Morgan fingerprint density at radius 1 is 0.962 bits per heavy atom. The lowest BCUT2D eigenvalue weighted by molar-refractivity contribution is -0.118. The SMILES string of the molecule is CCCOc1ccc(OCC(=O)Nc2cccc(C(=O)OCC)c2)cc1. The van der Waals surface area contributed by atoms with Crippen LogP contribution >= 0.6 is 0 Å². The first-order chi connectivity index (χ1) is 12.6. The highest BCUT2D eigenvalue weighted by Crippen LogP contribution is 2.18. The highest BCUT2D eigenvalue weighted by atomic mass is 16.5. The summed E-state index contributed by atoms with van der Waals surface area (Å²) < 4.78 is 15.9. The van der Waals surface area contributed by atoms with Crippen molar-refractivity contribution in [1.29, 1.82) is 0 Å². The fourth-order valence-corrected chi connectivity index (χ4v) is 2.14. The molecule has 0 atom stereocenters. The largest absolute Gasteiger partial charge is 0.494 e. The molecule has 0 saturated carbocycles. The average molecular weight is 357 g/mol. The van der Waals surface area contributed by atoms with Gasteiger partial charge < -0.3 is 19.5 Å². The molecule has 0 aliphatic carbocycles. The van der Waals surface area contributed by atoms with Gasteiger partial charge in [0.05, 0.1) is 18.8 Å². The molecular formula is C20H23NO5. The Kier molecular flexibility index (Phi) is 7.49. The molecule has 2 rings (SSSR count). The fraction of sp³-hybridized carbons (Fsp3) is 0.300. The van der Waals surface area contributed by atoms with Gasteiger partial charge in [-0.3, -0.25) is 4.79 Å². The first-order valence-corrected chi connectivity index (χ1v) is 8.55. The molecule has 1 amide bonds. The molecule has 0 unspecified atom stereocenters. The first kappa shape index (κ1) is 19.3. The normalized spacial score (nSPS) is 10.1. The van der Waals surface area contributed by atoms with Crippen LogP contribution in [0.15, 0.2) is 48.5 Å². The molecule has 0 aromatic heterocycles. The lowest BCUT2D eigenvalue weighted by atomic mass is 10.2. The Morgan fingerprint density at radius 2 is 1.65 bits per heavy atom. The van der Waals surface area contributed by atoms with E-state index in [1.165, 1.54) is 0 Å². The van der Waals surface area contributed by atoms with Crippen LogP contribution in [0.25, 0.3) is 0 Å². The molecule has 0 saturated heterocycles. The van der Waals surface area contributed by atoms with Gasteiger partial charge in [-0.15, -0.1) is 0 Å². The van der Waals surface area contributed by atoms with E-state index in [1.54, 1.807) is 55.5 Å². The van der Waals surface area contributed by atoms with E-state index in [-0.39, 0.29) is 12.5 Å². The summed E-state index contributed by atoms with van der Waals surface area (Å²) in [7, 11) is 0. The van der Waals surface area contributed by atoms with E-state index in [1.807, 2.05) is 6.92 Å². The molecule has 0 heterocycles. The van der Waals surface area contributed by atoms with Gasteiger partial charge in [0.15, 0.2) is 6.61 Å². The zero-order chi connectivity index (χ0) is 18.8. The minimum absolute atomic E-state index is 0.140. The van der Waals surface area contributed by atoms with E-state index in [0.717, 1.165) is 12.2 Å². The zero-order valence-electron chi connectivity index (χ0n) is 15.0. The number of anilines is 1. The van der Waals surface area contributed by atoms with Gasteiger partial charge in [0.1, 0.15) is 11.5 Å². The minimum Gasteiger partial charge on any atom is -0.494 e. The summed E-state index contributed by atoms with van der Waals surface area (Å²) in [6.07, 6.45) is 0.940. The van der Waals surface area contributed by atoms with Gasteiger partial charge >= 0.3 is 5.97 Å². The Hall–Kier alpha value is -3.02. The molecule has 2 aromatic carbocycles. The molecule has 0 fully saturated rings. The third kappa shape index (κ3) is 6.12. The molecule has 0 bridgehead atoms. The second-order valence-electron chi connectivity index (χ2n) is 5.46. The summed E-state index contributed by atoms with van der Waals surface area (Å²) in [6.45, 7) is 4.60. The molecule has 0 radical (unpaired) electrons. The number of hydrogen-bond acceptors (Lipinski definition) is 5. The maximum absolute atomic E-state index is 12.0. The van der Waals surface area contributed by atoms with Crippen molar-refractivity contribution in [3.63, 3.8) is 0 Å². The smallest absolute Gasteiger partial charge is 0.338 e. The van der Waals surface area contributed by atoms with Crippen molar-refractivity contribution < 1.29 is 23.8 Å². The summed E-state index contributed by atoms with van der Waals surface area (Å²) >= 11 is 0. The monoisotopic (exact) mass is 357 g/mol. The molecule has 6 heteroatoms. The van der Waals surface area contributed by atoms with Gasteiger partial charge in [0, 0.05) is 5.69 Å². The quantitative estimate of drug-likeness (QED) is 0.693. The number of carbonyl (C=O) groups excluding carboxylic acids is 2. The van der Waals surface area contributed by atoms with Crippen molar-refractivity contribution >= 4 is 17.6 Å². The van der Waals surface area contributed by atoms with Crippen molar-refractivity contribution in [2.24, 2.45) is 0 Å². The summed E-state index contributed by atoms with van der Waals surface area (Å²) in [6, 6.07) is 13.7. The van der Waals surface area contributed by atoms with Crippen LogP contribution in [-0.4, -0.2) is 31.7 Å². The number of hydrogen-bond donors (Lipinski definition) is 1. The Balaban J connectivity index is 1.85. The van der Waals surface area contributed by atoms with Gasteiger partial charge in [-0.2, -0.15) is 0 Å². The molecule has 26 heavy (non-hydrogen) atoms. The first-order valence-electron chi connectivity index (χ1n) is 8.55. The second kappa shape index (κ2) is 10.1. The van der Waals surface area contributed by atoms with Gasteiger partial charge in [-0.25, -0.2) is 4.79 Å². The van der Waals surface area contributed by atoms with E-state index in [0.29, 0.717) is 30.2 Å². The van der Waals surface area contributed by atoms with Crippen LogP contribution < -0.4 is 14.8 Å². The zero-order valence-corrected chi connectivity index (χ0v) is 15.0. The predicted octanol–water partition coefficient (Wildman–Crippen LogP) is 3.67. The van der Waals surface area contributed by atoms with Gasteiger partial charge in [-0.1, -0.05) is 13.0 Å². The number of ether oxygens (including phenoxy) is 3. The summed E-state index contributed by atoms with van der Waals surface area (Å²) in [5.74, 6) is 0.589. The molecule has 6 nitrogen and oxygen atoms in total. The number of rotatable bonds is 9. The van der Waals surface area contributed by atoms with Crippen molar-refractivity contribution in [3.05, 3.63) is 54.1 Å². The Bertz CT molecular complexity index is 727. The molecule has 138 valence electrons. The highest BCUT2D eigenvalue weighted by Gasteiger charge is 2.09. The highest BCUT2D eigenvalue weighted by molar-refractivity contribution is 5.95. The van der Waals surface area contributed by atoms with Gasteiger partial charge in [-0.05, 0) is 55.8 Å². The third-order valence-electron chi connectivity index (χ3n) is 3.32. The van der Waals surface area contributed by atoms with Crippen LogP contribution in [0.5, 0.6) is 11.5 Å². The number of benzene rings is 2. The van der Waals surface area contributed by atoms with Crippen LogP contribution in [0.4, 0.5) is 5.69 Å². The molecule has 0 spiro atoms. The van der Waals surface area contributed by atoms with Gasteiger partial charge in [0.2, 0.25) is 0 Å². The van der Waals surface area contributed by atoms with Crippen LogP contribution in [0.1, 0.15) is 30.6 Å².